The number of hydrogen-bond acceptors (Lipinski definition) is 6. The molecule has 0 aromatic heterocycles. The second kappa shape index (κ2) is 9.73. The van der Waals surface area contributed by atoms with Gasteiger partial charge >= 0.3 is 0 Å². The van der Waals surface area contributed by atoms with Gasteiger partial charge in [0.2, 0.25) is 0 Å². The Labute approximate surface area is 150 Å². The molecule has 6 nitrogen and oxygen atoms in total. The molecule has 0 unspecified atom stereocenters. The van der Waals surface area contributed by atoms with E-state index < -0.39 is 6.10 Å². The summed E-state index contributed by atoms with van der Waals surface area (Å²) >= 11 is 0. The number of aliphatic hydroxyl groups is 1. The van der Waals surface area contributed by atoms with E-state index in [2.05, 4.69) is 30.1 Å². The minimum atomic E-state index is -0.570. The van der Waals surface area contributed by atoms with Crippen molar-refractivity contribution in [2.45, 2.75) is 31.9 Å². The molecule has 0 saturated carbocycles. The normalized spacial score (nSPS) is 17.0. The van der Waals surface area contributed by atoms with E-state index in [-0.39, 0.29) is 12.1 Å². The van der Waals surface area contributed by atoms with Crippen LogP contribution in [0.3, 0.4) is 0 Å². The Morgan fingerprint density at radius 1 is 1.32 bits per heavy atom. The van der Waals surface area contributed by atoms with Crippen molar-refractivity contribution in [2.24, 2.45) is 0 Å². The summed E-state index contributed by atoms with van der Waals surface area (Å²) in [4.78, 5) is 2.41. The zero-order valence-corrected chi connectivity index (χ0v) is 15.2. The zero-order valence-electron chi connectivity index (χ0n) is 15.2. The van der Waals surface area contributed by atoms with Crippen LogP contribution < -0.4 is 10.1 Å². The predicted molar refractivity (Wildman–Crippen MR) is 96.6 cm³/mol. The van der Waals surface area contributed by atoms with Gasteiger partial charge in [-0.2, -0.15) is 5.26 Å². The van der Waals surface area contributed by atoms with Crippen LogP contribution in [0.2, 0.25) is 0 Å². The second-order valence-corrected chi connectivity index (χ2v) is 6.99. The number of nitriles is 1. The molecule has 1 aliphatic heterocycles. The van der Waals surface area contributed by atoms with E-state index in [1.165, 1.54) is 0 Å². The smallest absolute Gasteiger partial charge is 0.119 e. The molecule has 0 spiro atoms. The third-order valence-corrected chi connectivity index (χ3v) is 4.45. The van der Waals surface area contributed by atoms with Crippen molar-refractivity contribution < 1.29 is 14.6 Å². The maximum absolute atomic E-state index is 10.1. The maximum atomic E-state index is 10.1. The summed E-state index contributed by atoms with van der Waals surface area (Å²) < 4.78 is 11.0. The van der Waals surface area contributed by atoms with Crippen molar-refractivity contribution in [3.63, 3.8) is 0 Å². The molecule has 1 aromatic carbocycles. The first-order chi connectivity index (χ1) is 12.0. The lowest BCUT2D eigenvalue weighted by molar-refractivity contribution is -0.0107. The van der Waals surface area contributed by atoms with Crippen molar-refractivity contribution in [3.8, 4) is 11.8 Å². The quantitative estimate of drug-likeness (QED) is 0.699. The number of benzene rings is 1. The summed E-state index contributed by atoms with van der Waals surface area (Å²) in [5.41, 5.74) is 0.989. The largest absolute Gasteiger partial charge is 0.491 e. The third kappa shape index (κ3) is 6.63. The van der Waals surface area contributed by atoms with Gasteiger partial charge in [-0.15, -0.1) is 0 Å². The summed E-state index contributed by atoms with van der Waals surface area (Å²) in [6.45, 7) is 9.40. The molecule has 1 aromatic rings. The third-order valence-electron chi connectivity index (χ3n) is 4.45. The van der Waals surface area contributed by atoms with Crippen molar-refractivity contribution >= 4 is 0 Å². The van der Waals surface area contributed by atoms with Gasteiger partial charge in [-0.25, -0.2) is 0 Å². The van der Waals surface area contributed by atoms with Gasteiger partial charge in [-0.3, -0.25) is 4.90 Å². The Morgan fingerprint density at radius 2 is 2.00 bits per heavy atom. The van der Waals surface area contributed by atoms with Gasteiger partial charge in [0, 0.05) is 31.7 Å². The molecule has 6 heteroatoms. The average Bonchev–Trinajstić information content (AvgIpc) is 2.62. The Kier molecular flexibility index (Phi) is 7.66. The molecule has 0 aliphatic carbocycles. The summed E-state index contributed by atoms with van der Waals surface area (Å²) in [7, 11) is 0. The molecule has 25 heavy (non-hydrogen) atoms. The monoisotopic (exact) mass is 347 g/mol. The van der Waals surface area contributed by atoms with E-state index >= 15 is 0 Å². The molecule has 1 saturated heterocycles. The SMILES string of the molecule is CC(C)(CNC[C@H](O)COc1ccc(CC#N)cc1)N1CCOCC1. The van der Waals surface area contributed by atoms with Gasteiger partial charge in [-0.1, -0.05) is 12.1 Å². The van der Waals surface area contributed by atoms with Crippen LogP contribution in [0.4, 0.5) is 0 Å². The van der Waals surface area contributed by atoms with Crippen LogP contribution in [0.5, 0.6) is 5.75 Å². The van der Waals surface area contributed by atoms with Crippen LogP contribution in [0.15, 0.2) is 24.3 Å². The highest BCUT2D eigenvalue weighted by atomic mass is 16.5. The number of morpholine rings is 1. The van der Waals surface area contributed by atoms with Crippen LogP contribution in [0.25, 0.3) is 0 Å². The standard InChI is InChI=1S/C19H29N3O3/c1-19(2,22-9-11-24-12-10-22)15-21-13-17(23)14-25-18-5-3-16(4-6-18)7-8-20/h3-6,17,21,23H,7,9-15H2,1-2H3/t17-/m0/s1. The molecule has 1 fully saturated rings. The van der Waals surface area contributed by atoms with Gasteiger partial charge in [0.25, 0.3) is 0 Å². The highest BCUT2D eigenvalue weighted by Crippen LogP contribution is 2.15. The average molecular weight is 347 g/mol. The number of nitrogens with zero attached hydrogens (tertiary/aromatic N) is 2. The van der Waals surface area contributed by atoms with Gasteiger partial charge < -0.3 is 19.9 Å². The number of hydrogen-bond donors (Lipinski definition) is 2. The molecule has 0 bridgehead atoms. The lowest BCUT2D eigenvalue weighted by Crippen LogP contribution is -2.55. The molecule has 1 atom stereocenters. The number of ether oxygens (including phenoxy) is 2. The fourth-order valence-corrected chi connectivity index (χ4v) is 2.87. The number of rotatable bonds is 9. The van der Waals surface area contributed by atoms with Crippen LogP contribution in [0.1, 0.15) is 19.4 Å². The Balaban J connectivity index is 1.66. The van der Waals surface area contributed by atoms with E-state index in [0.717, 1.165) is 38.4 Å². The molecule has 2 N–H and O–H groups in total. The van der Waals surface area contributed by atoms with Crippen molar-refractivity contribution in [2.75, 3.05) is 46.0 Å². The molecule has 0 amide bonds. The maximum Gasteiger partial charge on any atom is 0.119 e. The van der Waals surface area contributed by atoms with Crippen molar-refractivity contribution in [3.05, 3.63) is 29.8 Å². The topological polar surface area (TPSA) is 77.8 Å². The van der Waals surface area contributed by atoms with Crippen LogP contribution >= 0.6 is 0 Å². The van der Waals surface area contributed by atoms with Gasteiger partial charge in [0.15, 0.2) is 0 Å². The van der Waals surface area contributed by atoms with Crippen molar-refractivity contribution in [1.29, 1.82) is 5.26 Å². The molecule has 1 heterocycles. The molecule has 0 radical (unpaired) electrons. The Hall–Kier alpha value is -1.65. The van der Waals surface area contributed by atoms with Gasteiger partial charge in [0.05, 0.1) is 25.7 Å². The fourth-order valence-electron chi connectivity index (χ4n) is 2.87. The Bertz CT molecular complexity index is 548. The minimum Gasteiger partial charge on any atom is -0.491 e. The highest BCUT2D eigenvalue weighted by Gasteiger charge is 2.27. The summed E-state index contributed by atoms with van der Waals surface area (Å²) in [6, 6.07) is 9.51. The molecule has 138 valence electrons. The first kappa shape index (κ1) is 19.7. The number of nitrogens with one attached hydrogen (secondary N) is 1. The highest BCUT2D eigenvalue weighted by molar-refractivity contribution is 5.28. The summed E-state index contributed by atoms with van der Waals surface area (Å²) in [5.74, 6) is 0.703. The first-order valence-corrected chi connectivity index (χ1v) is 8.81. The van der Waals surface area contributed by atoms with E-state index in [1.807, 2.05) is 24.3 Å². The predicted octanol–water partition coefficient (Wildman–Crippen LogP) is 1.19. The number of aliphatic hydroxyl groups excluding tert-OH is 1. The van der Waals surface area contributed by atoms with E-state index in [9.17, 15) is 5.11 Å². The molecule has 2 rings (SSSR count). The molecular weight excluding hydrogens is 318 g/mol. The minimum absolute atomic E-state index is 0.0287. The fraction of sp³-hybridized carbons (Fsp3) is 0.632. The zero-order chi connectivity index (χ0) is 18.1. The van der Waals surface area contributed by atoms with Crippen LogP contribution in [0, 0.1) is 11.3 Å². The Morgan fingerprint density at radius 3 is 2.64 bits per heavy atom. The summed E-state index contributed by atoms with van der Waals surface area (Å²) in [5, 5.41) is 22.1. The lowest BCUT2D eigenvalue weighted by atomic mass is 10.0. The van der Waals surface area contributed by atoms with Crippen LogP contribution in [-0.2, 0) is 11.2 Å². The van der Waals surface area contributed by atoms with E-state index in [4.69, 9.17) is 14.7 Å². The van der Waals surface area contributed by atoms with E-state index in [0.29, 0.717) is 18.7 Å². The lowest BCUT2D eigenvalue weighted by Gasteiger charge is -2.41. The van der Waals surface area contributed by atoms with Crippen LogP contribution in [-0.4, -0.2) is 67.6 Å². The summed E-state index contributed by atoms with van der Waals surface area (Å²) in [6.07, 6.45) is -0.176. The first-order valence-electron chi connectivity index (χ1n) is 8.81. The van der Waals surface area contributed by atoms with Crippen molar-refractivity contribution in [1.82, 2.24) is 10.2 Å². The van der Waals surface area contributed by atoms with Gasteiger partial charge in [-0.05, 0) is 31.5 Å². The molecule has 1 aliphatic rings. The van der Waals surface area contributed by atoms with E-state index in [1.54, 1.807) is 0 Å². The van der Waals surface area contributed by atoms with Gasteiger partial charge in [0.1, 0.15) is 18.5 Å². The molecular formula is C19H29N3O3. The second-order valence-electron chi connectivity index (χ2n) is 6.99.